The summed E-state index contributed by atoms with van der Waals surface area (Å²) in [7, 11) is 0. The molecule has 0 saturated carbocycles. The van der Waals surface area contributed by atoms with Crippen LogP contribution in [-0.2, 0) is 5.41 Å². The van der Waals surface area contributed by atoms with Crippen LogP contribution in [-0.4, -0.2) is 0 Å². The third-order valence-corrected chi connectivity index (χ3v) is 11.6. The van der Waals surface area contributed by atoms with Gasteiger partial charge in [-0.05, 0) is 115 Å². The molecule has 1 heterocycles. The fourth-order valence-electron chi connectivity index (χ4n) is 9.19. The summed E-state index contributed by atoms with van der Waals surface area (Å²) in [6.07, 6.45) is 0. The van der Waals surface area contributed by atoms with Gasteiger partial charge in [0, 0.05) is 38.6 Å². The van der Waals surface area contributed by atoms with Crippen molar-refractivity contribution in [3.8, 4) is 22.3 Å². The zero-order chi connectivity index (χ0) is 35.3. The van der Waals surface area contributed by atoms with Gasteiger partial charge in [0.05, 0.1) is 0 Å². The molecular formula is C51H35NO. The second kappa shape index (κ2) is 11.2. The number of rotatable bonds is 4. The van der Waals surface area contributed by atoms with E-state index in [1.807, 2.05) is 6.07 Å². The monoisotopic (exact) mass is 677 g/mol. The number of fused-ring (bicyclic) bond motifs is 13. The van der Waals surface area contributed by atoms with Gasteiger partial charge in [-0.25, -0.2) is 0 Å². The first kappa shape index (κ1) is 30.0. The Morgan fingerprint density at radius 2 is 0.962 bits per heavy atom. The van der Waals surface area contributed by atoms with Crippen LogP contribution in [0.1, 0.15) is 25.0 Å². The standard InChI is InChI=1S/C51H35NO/c1-51(2)44-21-10-8-15-37(44)38-28-27-35(31-45(38)51)52(33-13-4-3-5-14-33)34-25-23-32(24-26-34)36-19-12-20-40-42-29-30-47-50(43-18-9-11-22-46(43)53-47)49(42)41-17-7-6-16-39(41)48(36)40/h3-31H,1-2H3. The van der Waals surface area contributed by atoms with Gasteiger partial charge in [0.1, 0.15) is 11.2 Å². The van der Waals surface area contributed by atoms with Crippen molar-refractivity contribution >= 4 is 71.3 Å². The Balaban J connectivity index is 1.08. The van der Waals surface area contributed by atoms with E-state index in [-0.39, 0.29) is 5.41 Å². The van der Waals surface area contributed by atoms with E-state index in [0.29, 0.717) is 0 Å². The highest BCUT2D eigenvalue weighted by Crippen LogP contribution is 2.51. The van der Waals surface area contributed by atoms with Crippen molar-refractivity contribution < 1.29 is 4.42 Å². The minimum atomic E-state index is -0.0774. The lowest BCUT2D eigenvalue weighted by molar-refractivity contribution is 0.660. The largest absolute Gasteiger partial charge is 0.456 e. The van der Waals surface area contributed by atoms with Crippen molar-refractivity contribution in [1.29, 1.82) is 0 Å². The van der Waals surface area contributed by atoms with Gasteiger partial charge in [-0.15, -0.1) is 0 Å². The molecule has 9 aromatic carbocycles. The quantitative estimate of drug-likeness (QED) is 0.172. The SMILES string of the molecule is CC1(C)c2ccccc2-c2ccc(N(c3ccccc3)c3ccc(-c4cccc5c6ccc7oc8ccccc8c7c6c6ccccc6c45)cc3)cc21. The number of furan rings is 1. The van der Waals surface area contributed by atoms with E-state index in [4.69, 9.17) is 4.42 Å². The average Bonchev–Trinajstić information content (AvgIpc) is 3.70. The van der Waals surface area contributed by atoms with Crippen LogP contribution < -0.4 is 4.90 Å². The molecule has 0 fully saturated rings. The fraction of sp³-hybridized carbons (Fsp3) is 0.0588. The Hall–Kier alpha value is -6.64. The lowest BCUT2D eigenvalue weighted by atomic mass is 9.82. The van der Waals surface area contributed by atoms with Gasteiger partial charge in [0.15, 0.2) is 0 Å². The molecule has 53 heavy (non-hydrogen) atoms. The van der Waals surface area contributed by atoms with Crippen LogP contribution in [0.15, 0.2) is 180 Å². The molecule has 0 bridgehead atoms. The highest BCUT2D eigenvalue weighted by molar-refractivity contribution is 6.36. The van der Waals surface area contributed by atoms with Gasteiger partial charge >= 0.3 is 0 Å². The molecule has 0 spiro atoms. The minimum Gasteiger partial charge on any atom is -0.456 e. The third kappa shape index (κ3) is 4.33. The second-order valence-electron chi connectivity index (χ2n) is 14.9. The maximum atomic E-state index is 6.35. The number of para-hydroxylation sites is 2. The summed E-state index contributed by atoms with van der Waals surface area (Å²) in [4.78, 5) is 2.38. The van der Waals surface area contributed by atoms with E-state index < -0.39 is 0 Å². The van der Waals surface area contributed by atoms with Crippen LogP contribution in [0.2, 0.25) is 0 Å². The van der Waals surface area contributed by atoms with Gasteiger partial charge in [0.2, 0.25) is 0 Å². The maximum absolute atomic E-state index is 6.35. The van der Waals surface area contributed by atoms with Gasteiger partial charge < -0.3 is 9.32 Å². The molecule has 0 unspecified atom stereocenters. The molecule has 0 N–H and O–H groups in total. The molecule has 10 aromatic rings. The molecule has 1 aliphatic carbocycles. The van der Waals surface area contributed by atoms with Crippen molar-refractivity contribution in [3.05, 3.63) is 187 Å². The van der Waals surface area contributed by atoms with Crippen molar-refractivity contribution in [2.75, 3.05) is 4.90 Å². The molecular weight excluding hydrogens is 643 g/mol. The molecule has 0 aliphatic heterocycles. The maximum Gasteiger partial charge on any atom is 0.136 e. The summed E-state index contributed by atoms with van der Waals surface area (Å²) in [5, 5.41) is 9.86. The summed E-state index contributed by atoms with van der Waals surface area (Å²) in [6.45, 7) is 4.69. The second-order valence-corrected chi connectivity index (χ2v) is 14.9. The molecule has 0 saturated heterocycles. The van der Waals surface area contributed by atoms with Crippen LogP contribution in [0, 0.1) is 0 Å². The first-order chi connectivity index (χ1) is 26.1. The minimum absolute atomic E-state index is 0.0774. The molecule has 11 rings (SSSR count). The van der Waals surface area contributed by atoms with E-state index in [1.54, 1.807) is 0 Å². The van der Waals surface area contributed by atoms with Crippen molar-refractivity contribution in [3.63, 3.8) is 0 Å². The zero-order valence-electron chi connectivity index (χ0n) is 29.6. The summed E-state index contributed by atoms with van der Waals surface area (Å²) in [6, 6.07) is 64.1. The molecule has 2 nitrogen and oxygen atoms in total. The molecule has 0 amide bonds. The normalized spacial score (nSPS) is 13.2. The lowest BCUT2D eigenvalue weighted by Crippen LogP contribution is -2.16. The number of nitrogens with zero attached hydrogens (tertiary/aromatic N) is 1. The van der Waals surface area contributed by atoms with E-state index in [9.17, 15) is 0 Å². The predicted octanol–water partition coefficient (Wildman–Crippen LogP) is 14.5. The number of anilines is 3. The predicted molar refractivity (Wildman–Crippen MR) is 224 cm³/mol. The Labute approximate surface area is 308 Å². The van der Waals surface area contributed by atoms with Crippen LogP contribution in [0.3, 0.4) is 0 Å². The van der Waals surface area contributed by atoms with Gasteiger partial charge in [0.25, 0.3) is 0 Å². The molecule has 2 heteroatoms. The number of hydrogen-bond donors (Lipinski definition) is 0. The topological polar surface area (TPSA) is 16.4 Å². The fourth-order valence-corrected chi connectivity index (χ4v) is 9.19. The highest BCUT2D eigenvalue weighted by Gasteiger charge is 2.35. The van der Waals surface area contributed by atoms with E-state index >= 15 is 0 Å². The van der Waals surface area contributed by atoms with Crippen LogP contribution in [0.25, 0.3) is 76.5 Å². The highest BCUT2D eigenvalue weighted by atomic mass is 16.3. The lowest BCUT2D eigenvalue weighted by Gasteiger charge is -2.28. The van der Waals surface area contributed by atoms with Crippen molar-refractivity contribution in [1.82, 2.24) is 0 Å². The molecule has 0 radical (unpaired) electrons. The summed E-state index contributed by atoms with van der Waals surface area (Å²) < 4.78 is 6.35. The van der Waals surface area contributed by atoms with E-state index in [2.05, 4.69) is 189 Å². The summed E-state index contributed by atoms with van der Waals surface area (Å²) >= 11 is 0. The Kier molecular flexibility index (Phi) is 6.33. The van der Waals surface area contributed by atoms with Crippen LogP contribution in [0.5, 0.6) is 0 Å². The smallest absolute Gasteiger partial charge is 0.136 e. The number of hydrogen-bond acceptors (Lipinski definition) is 2. The summed E-state index contributed by atoms with van der Waals surface area (Å²) in [5.41, 5.74) is 13.0. The first-order valence-electron chi connectivity index (χ1n) is 18.4. The Bertz CT molecular complexity index is 3050. The average molecular weight is 678 g/mol. The summed E-state index contributed by atoms with van der Waals surface area (Å²) in [5.74, 6) is 0. The van der Waals surface area contributed by atoms with E-state index in [0.717, 1.165) is 33.6 Å². The zero-order valence-corrected chi connectivity index (χ0v) is 29.6. The first-order valence-corrected chi connectivity index (χ1v) is 18.4. The van der Waals surface area contributed by atoms with Crippen LogP contribution in [0.4, 0.5) is 17.1 Å². The van der Waals surface area contributed by atoms with Crippen molar-refractivity contribution in [2.24, 2.45) is 0 Å². The molecule has 0 atom stereocenters. The number of benzene rings is 9. The van der Waals surface area contributed by atoms with Crippen LogP contribution >= 0.6 is 0 Å². The molecule has 1 aliphatic rings. The Morgan fingerprint density at radius 3 is 1.77 bits per heavy atom. The van der Waals surface area contributed by atoms with E-state index in [1.165, 1.54) is 71.1 Å². The molecule has 1 aromatic heterocycles. The van der Waals surface area contributed by atoms with Gasteiger partial charge in [-0.2, -0.15) is 0 Å². The third-order valence-electron chi connectivity index (χ3n) is 11.6. The molecule has 250 valence electrons. The Morgan fingerprint density at radius 1 is 0.377 bits per heavy atom. The van der Waals surface area contributed by atoms with Gasteiger partial charge in [-0.3, -0.25) is 0 Å². The van der Waals surface area contributed by atoms with Gasteiger partial charge in [-0.1, -0.05) is 135 Å². The van der Waals surface area contributed by atoms with Crippen molar-refractivity contribution in [2.45, 2.75) is 19.3 Å².